The van der Waals surface area contributed by atoms with Gasteiger partial charge in [-0.25, -0.2) is 0 Å². The van der Waals surface area contributed by atoms with Gasteiger partial charge in [-0.05, 0) is 13.0 Å². The van der Waals surface area contributed by atoms with Crippen molar-refractivity contribution in [2.75, 3.05) is 0 Å². The Morgan fingerprint density at radius 3 is 2.60 bits per heavy atom. The number of rotatable bonds is 3. The molecule has 20 heavy (non-hydrogen) atoms. The van der Waals surface area contributed by atoms with E-state index < -0.39 is 40.2 Å². The molecule has 2 atom stereocenters. The van der Waals surface area contributed by atoms with Crippen LogP contribution < -0.4 is 0 Å². The first kappa shape index (κ1) is 13.9. The zero-order valence-electron chi connectivity index (χ0n) is 10.6. The van der Waals surface area contributed by atoms with Gasteiger partial charge in [-0.1, -0.05) is 12.1 Å². The van der Waals surface area contributed by atoms with E-state index in [4.69, 9.17) is 4.74 Å². The lowest BCUT2D eigenvalue weighted by atomic mass is 9.88. The van der Waals surface area contributed by atoms with E-state index in [-0.39, 0.29) is 12.0 Å². The quantitative estimate of drug-likeness (QED) is 0.271. The Labute approximate surface area is 113 Å². The molecule has 2 rings (SSSR count). The number of nitrogens with zero attached hydrogens (tertiary/aromatic N) is 1. The number of ketones is 2. The van der Waals surface area contributed by atoms with Crippen molar-refractivity contribution in [1.29, 1.82) is 0 Å². The van der Waals surface area contributed by atoms with Crippen LogP contribution in [0.3, 0.4) is 0 Å². The first-order chi connectivity index (χ1) is 9.41. The number of nitro benzene ring substituents is 1. The highest BCUT2D eigenvalue weighted by Crippen LogP contribution is 2.25. The van der Waals surface area contributed by atoms with Crippen molar-refractivity contribution < 1.29 is 24.0 Å². The third-order valence-electron chi connectivity index (χ3n) is 2.99. The van der Waals surface area contributed by atoms with Gasteiger partial charge in [0.15, 0.2) is 17.5 Å². The van der Waals surface area contributed by atoms with Gasteiger partial charge in [-0.2, -0.15) is 0 Å². The van der Waals surface area contributed by atoms with Crippen LogP contribution in [0.15, 0.2) is 24.3 Å². The maximum atomic E-state index is 12.2. The lowest BCUT2D eigenvalue weighted by Crippen LogP contribution is -2.41. The predicted molar refractivity (Wildman–Crippen MR) is 66.1 cm³/mol. The van der Waals surface area contributed by atoms with Crippen LogP contribution in [0.5, 0.6) is 0 Å². The van der Waals surface area contributed by atoms with Crippen LogP contribution >= 0.6 is 0 Å². The molecule has 2 unspecified atom stereocenters. The number of carbonyl (C=O) groups is 3. The summed E-state index contributed by atoms with van der Waals surface area (Å²) >= 11 is 0. The molecule has 0 aliphatic carbocycles. The summed E-state index contributed by atoms with van der Waals surface area (Å²) in [6.07, 6.45) is -0.646. The molecule has 7 nitrogen and oxygen atoms in total. The highest BCUT2D eigenvalue weighted by atomic mass is 16.6. The molecule has 0 spiro atoms. The average molecular weight is 277 g/mol. The number of hydrogen-bond acceptors (Lipinski definition) is 6. The topological polar surface area (TPSA) is 104 Å². The second-order valence-corrected chi connectivity index (χ2v) is 4.49. The van der Waals surface area contributed by atoms with Crippen LogP contribution in [0.1, 0.15) is 23.7 Å². The van der Waals surface area contributed by atoms with Gasteiger partial charge in [0, 0.05) is 12.5 Å². The van der Waals surface area contributed by atoms with E-state index >= 15 is 0 Å². The zero-order valence-corrected chi connectivity index (χ0v) is 10.6. The average Bonchev–Trinajstić information content (AvgIpc) is 2.37. The van der Waals surface area contributed by atoms with E-state index in [1.165, 1.54) is 18.2 Å². The van der Waals surface area contributed by atoms with Crippen molar-refractivity contribution in [3.05, 3.63) is 39.9 Å². The Balaban J connectivity index is 2.39. The van der Waals surface area contributed by atoms with Crippen molar-refractivity contribution in [3.63, 3.8) is 0 Å². The number of cyclic esters (lactones) is 1. The van der Waals surface area contributed by atoms with E-state index in [1.54, 1.807) is 6.92 Å². The van der Waals surface area contributed by atoms with Gasteiger partial charge in [-0.3, -0.25) is 24.5 Å². The van der Waals surface area contributed by atoms with E-state index in [9.17, 15) is 24.5 Å². The molecule has 0 N–H and O–H groups in total. The second-order valence-electron chi connectivity index (χ2n) is 4.49. The summed E-state index contributed by atoms with van der Waals surface area (Å²) in [6.45, 7) is 1.54. The summed E-state index contributed by atoms with van der Waals surface area (Å²) in [5.74, 6) is -4.01. The molecule has 1 aromatic rings. The molecule has 0 saturated carbocycles. The number of Topliss-reactive ketones (excluding diaryl/α,β-unsaturated/α-hetero) is 2. The number of para-hydroxylation sites is 1. The minimum Gasteiger partial charge on any atom is -0.461 e. The van der Waals surface area contributed by atoms with Gasteiger partial charge in [0.1, 0.15) is 6.10 Å². The maximum absolute atomic E-state index is 12.2. The normalized spacial score (nSPS) is 22.2. The lowest BCUT2D eigenvalue weighted by molar-refractivity contribution is -0.385. The molecule has 1 aromatic carbocycles. The minimum atomic E-state index is -1.60. The Morgan fingerprint density at radius 1 is 1.35 bits per heavy atom. The van der Waals surface area contributed by atoms with E-state index in [2.05, 4.69) is 0 Å². The largest absolute Gasteiger partial charge is 0.461 e. The highest BCUT2D eigenvalue weighted by Gasteiger charge is 2.42. The van der Waals surface area contributed by atoms with E-state index in [0.717, 1.165) is 6.07 Å². The highest BCUT2D eigenvalue weighted by molar-refractivity contribution is 6.24. The van der Waals surface area contributed by atoms with Crippen molar-refractivity contribution in [2.45, 2.75) is 19.4 Å². The smallest absolute Gasteiger partial charge is 0.324 e. The molecule has 1 heterocycles. The third-order valence-corrected chi connectivity index (χ3v) is 2.99. The monoisotopic (exact) mass is 277 g/mol. The van der Waals surface area contributed by atoms with Gasteiger partial charge in [0.25, 0.3) is 5.69 Å². The molecule has 0 bridgehead atoms. The number of hydrogen-bond donors (Lipinski definition) is 0. The number of nitro groups is 1. The van der Waals surface area contributed by atoms with E-state index in [1.807, 2.05) is 0 Å². The number of benzene rings is 1. The fourth-order valence-corrected chi connectivity index (χ4v) is 2.09. The van der Waals surface area contributed by atoms with Gasteiger partial charge >= 0.3 is 5.97 Å². The summed E-state index contributed by atoms with van der Waals surface area (Å²) in [6, 6.07) is 5.20. The Morgan fingerprint density at radius 2 is 2.00 bits per heavy atom. The van der Waals surface area contributed by atoms with Crippen LogP contribution in [0.4, 0.5) is 5.69 Å². The molecule has 1 fully saturated rings. The molecule has 1 aliphatic rings. The Hall–Kier alpha value is -2.57. The first-order valence-electron chi connectivity index (χ1n) is 5.92. The summed E-state index contributed by atoms with van der Waals surface area (Å²) in [5.41, 5.74) is -0.695. The Kier molecular flexibility index (Phi) is 3.60. The van der Waals surface area contributed by atoms with Gasteiger partial charge in [0.2, 0.25) is 0 Å². The second kappa shape index (κ2) is 5.20. The molecule has 7 heteroatoms. The lowest BCUT2D eigenvalue weighted by Gasteiger charge is -2.23. The van der Waals surface area contributed by atoms with E-state index in [0.29, 0.717) is 0 Å². The van der Waals surface area contributed by atoms with Crippen molar-refractivity contribution >= 4 is 23.2 Å². The SMILES string of the molecule is CC1CC(=O)C(C(=O)c2ccccc2[N+](=O)[O-])C(=O)O1. The summed E-state index contributed by atoms with van der Waals surface area (Å²) in [4.78, 5) is 45.9. The van der Waals surface area contributed by atoms with Crippen LogP contribution in [0, 0.1) is 16.0 Å². The number of ether oxygens (including phenoxy) is 1. The summed E-state index contributed by atoms with van der Waals surface area (Å²) in [5, 5.41) is 10.9. The molecule has 1 saturated heterocycles. The summed E-state index contributed by atoms with van der Waals surface area (Å²) in [7, 11) is 0. The molecule has 104 valence electrons. The van der Waals surface area contributed by atoms with Crippen LogP contribution in [-0.4, -0.2) is 28.6 Å². The fraction of sp³-hybridized carbons (Fsp3) is 0.308. The standard InChI is InChI=1S/C13H11NO6/c1-7-6-10(15)11(13(17)20-7)12(16)8-4-2-3-5-9(8)14(18)19/h2-5,7,11H,6H2,1H3. The predicted octanol–water partition coefficient (Wildman–Crippen LogP) is 1.30. The zero-order chi connectivity index (χ0) is 14.9. The molecule has 0 aromatic heterocycles. The van der Waals surface area contributed by atoms with Crippen LogP contribution in [-0.2, 0) is 14.3 Å². The Bertz CT molecular complexity index is 591. The molecule has 0 amide bonds. The van der Waals surface area contributed by atoms with Crippen molar-refractivity contribution in [1.82, 2.24) is 0 Å². The molecular weight excluding hydrogens is 266 g/mol. The van der Waals surface area contributed by atoms with Gasteiger partial charge in [0.05, 0.1) is 10.5 Å². The van der Waals surface area contributed by atoms with Crippen molar-refractivity contribution in [3.8, 4) is 0 Å². The van der Waals surface area contributed by atoms with Gasteiger partial charge < -0.3 is 4.74 Å². The van der Waals surface area contributed by atoms with Crippen LogP contribution in [0.2, 0.25) is 0 Å². The van der Waals surface area contributed by atoms with Crippen molar-refractivity contribution in [2.24, 2.45) is 5.92 Å². The minimum absolute atomic E-state index is 0.0667. The van der Waals surface area contributed by atoms with Gasteiger partial charge in [-0.15, -0.1) is 0 Å². The van der Waals surface area contributed by atoms with Crippen LogP contribution in [0.25, 0.3) is 0 Å². The molecule has 0 radical (unpaired) electrons. The first-order valence-corrected chi connectivity index (χ1v) is 5.92. The molecular formula is C13H11NO6. The number of esters is 1. The third kappa shape index (κ3) is 2.42. The number of carbonyl (C=O) groups excluding carboxylic acids is 3. The summed E-state index contributed by atoms with van der Waals surface area (Å²) < 4.78 is 4.86. The molecule has 1 aliphatic heterocycles. The maximum Gasteiger partial charge on any atom is 0.324 e. The fourth-order valence-electron chi connectivity index (χ4n) is 2.09.